The lowest BCUT2D eigenvalue weighted by Gasteiger charge is -2.12. The number of nitrogens with zero attached hydrogens (tertiary/aromatic N) is 2. The van der Waals surface area contributed by atoms with E-state index in [0.29, 0.717) is 6.04 Å². The summed E-state index contributed by atoms with van der Waals surface area (Å²) >= 11 is 3.44. The van der Waals surface area contributed by atoms with E-state index in [2.05, 4.69) is 64.8 Å². The SMILES string of the molecule is CCC(CC)n1ccc(CC(C)=CCCBr)n1. The summed E-state index contributed by atoms with van der Waals surface area (Å²) in [6.45, 7) is 6.62. The van der Waals surface area contributed by atoms with Gasteiger partial charge in [-0.1, -0.05) is 41.4 Å². The Bertz CT molecular complexity index is 351. The molecular formula is C14H23BrN2. The number of alkyl halides is 1. The second-order valence-corrected chi connectivity index (χ2v) is 5.26. The van der Waals surface area contributed by atoms with Crippen LogP contribution in [0.25, 0.3) is 0 Å². The zero-order chi connectivity index (χ0) is 12.7. The maximum Gasteiger partial charge on any atom is 0.0664 e. The number of rotatable bonds is 7. The molecular weight excluding hydrogens is 276 g/mol. The number of halogens is 1. The van der Waals surface area contributed by atoms with Gasteiger partial charge in [0.15, 0.2) is 0 Å². The summed E-state index contributed by atoms with van der Waals surface area (Å²) in [5, 5.41) is 5.70. The third-order valence-corrected chi connectivity index (χ3v) is 3.50. The Morgan fingerprint density at radius 2 is 2.18 bits per heavy atom. The van der Waals surface area contributed by atoms with Gasteiger partial charge in [0.25, 0.3) is 0 Å². The Labute approximate surface area is 113 Å². The van der Waals surface area contributed by atoms with E-state index in [4.69, 9.17) is 0 Å². The normalized spacial score (nSPS) is 12.4. The second kappa shape index (κ2) is 7.70. The minimum absolute atomic E-state index is 0.551. The molecule has 0 N–H and O–H groups in total. The van der Waals surface area contributed by atoms with Gasteiger partial charge in [-0.15, -0.1) is 0 Å². The molecule has 96 valence electrons. The average molecular weight is 299 g/mol. The van der Waals surface area contributed by atoms with Gasteiger partial charge in [0, 0.05) is 17.9 Å². The first-order valence-electron chi connectivity index (χ1n) is 6.46. The van der Waals surface area contributed by atoms with Crippen LogP contribution in [0.1, 0.15) is 51.8 Å². The smallest absolute Gasteiger partial charge is 0.0664 e. The predicted molar refractivity (Wildman–Crippen MR) is 77.7 cm³/mol. The monoisotopic (exact) mass is 298 g/mol. The van der Waals surface area contributed by atoms with Gasteiger partial charge in [-0.2, -0.15) is 5.10 Å². The zero-order valence-corrected chi connectivity index (χ0v) is 12.7. The molecule has 0 aliphatic heterocycles. The first kappa shape index (κ1) is 14.5. The van der Waals surface area contributed by atoms with Crippen molar-refractivity contribution in [2.45, 2.75) is 52.5 Å². The molecule has 0 spiro atoms. The summed E-state index contributed by atoms with van der Waals surface area (Å²) < 4.78 is 2.12. The van der Waals surface area contributed by atoms with Gasteiger partial charge in [0.05, 0.1) is 11.7 Å². The quantitative estimate of drug-likeness (QED) is 0.535. The zero-order valence-electron chi connectivity index (χ0n) is 11.1. The van der Waals surface area contributed by atoms with Gasteiger partial charge in [0.2, 0.25) is 0 Å². The molecule has 0 fully saturated rings. The average Bonchev–Trinajstić information content (AvgIpc) is 2.76. The fourth-order valence-corrected chi connectivity index (χ4v) is 2.23. The molecule has 0 bridgehead atoms. The molecule has 0 atom stereocenters. The van der Waals surface area contributed by atoms with Crippen LogP contribution in [-0.2, 0) is 6.42 Å². The fraction of sp³-hybridized carbons (Fsp3) is 0.643. The molecule has 0 aromatic carbocycles. The summed E-state index contributed by atoms with van der Waals surface area (Å²) in [6, 6.07) is 2.69. The molecule has 17 heavy (non-hydrogen) atoms. The first-order chi connectivity index (χ1) is 8.21. The van der Waals surface area contributed by atoms with Crippen molar-refractivity contribution >= 4 is 15.9 Å². The van der Waals surface area contributed by atoms with Crippen LogP contribution in [-0.4, -0.2) is 15.1 Å². The highest BCUT2D eigenvalue weighted by Crippen LogP contribution is 2.15. The maximum atomic E-state index is 4.66. The molecule has 0 saturated heterocycles. The Hall–Kier alpha value is -0.570. The van der Waals surface area contributed by atoms with Crippen molar-refractivity contribution in [2.24, 2.45) is 0 Å². The van der Waals surface area contributed by atoms with Crippen LogP contribution in [0.15, 0.2) is 23.9 Å². The van der Waals surface area contributed by atoms with Crippen molar-refractivity contribution in [3.8, 4) is 0 Å². The highest BCUT2D eigenvalue weighted by molar-refractivity contribution is 9.09. The van der Waals surface area contributed by atoms with E-state index < -0.39 is 0 Å². The summed E-state index contributed by atoms with van der Waals surface area (Å²) in [5.74, 6) is 0. The number of allylic oxidation sites excluding steroid dienone is 2. The molecule has 1 heterocycles. The lowest BCUT2D eigenvalue weighted by Crippen LogP contribution is -2.07. The lowest BCUT2D eigenvalue weighted by atomic mass is 10.1. The third kappa shape index (κ3) is 4.66. The van der Waals surface area contributed by atoms with Crippen LogP contribution >= 0.6 is 15.9 Å². The molecule has 0 aliphatic carbocycles. The van der Waals surface area contributed by atoms with Crippen LogP contribution in [0.2, 0.25) is 0 Å². The Morgan fingerprint density at radius 1 is 1.47 bits per heavy atom. The van der Waals surface area contributed by atoms with Crippen LogP contribution in [0.5, 0.6) is 0 Å². The molecule has 1 rings (SSSR count). The van der Waals surface area contributed by atoms with Gasteiger partial charge in [-0.3, -0.25) is 4.68 Å². The van der Waals surface area contributed by atoms with E-state index in [1.807, 2.05) is 0 Å². The molecule has 2 nitrogen and oxygen atoms in total. The molecule has 0 radical (unpaired) electrons. The standard InChI is InChI=1S/C14H23BrN2/c1-4-14(5-2)17-10-8-13(16-17)11-12(3)7-6-9-15/h7-8,10,14H,4-6,9,11H2,1-3H3. The van der Waals surface area contributed by atoms with Crippen molar-refractivity contribution in [2.75, 3.05) is 5.33 Å². The largest absolute Gasteiger partial charge is 0.269 e. The number of aromatic nitrogens is 2. The van der Waals surface area contributed by atoms with Crippen molar-refractivity contribution < 1.29 is 0 Å². The Kier molecular flexibility index (Phi) is 6.56. The maximum absolute atomic E-state index is 4.66. The highest BCUT2D eigenvalue weighted by Gasteiger charge is 2.07. The van der Waals surface area contributed by atoms with Gasteiger partial charge < -0.3 is 0 Å². The van der Waals surface area contributed by atoms with Crippen molar-refractivity contribution in [1.82, 2.24) is 9.78 Å². The lowest BCUT2D eigenvalue weighted by molar-refractivity contribution is 0.426. The molecule has 0 unspecified atom stereocenters. The summed E-state index contributed by atoms with van der Waals surface area (Å²) in [4.78, 5) is 0. The van der Waals surface area contributed by atoms with E-state index in [0.717, 1.165) is 31.0 Å². The third-order valence-electron chi connectivity index (χ3n) is 3.04. The first-order valence-corrected chi connectivity index (χ1v) is 7.59. The van der Waals surface area contributed by atoms with Crippen LogP contribution in [0, 0.1) is 0 Å². The molecule has 1 aromatic rings. The van der Waals surface area contributed by atoms with Crippen LogP contribution in [0.3, 0.4) is 0 Å². The van der Waals surface area contributed by atoms with Gasteiger partial charge in [-0.25, -0.2) is 0 Å². The molecule has 1 aromatic heterocycles. The molecule has 3 heteroatoms. The van der Waals surface area contributed by atoms with Crippen molar-refractivity contribution in [3.63, 3.8) is 0 Å². The van der Waals surface area contributed by atoms with Gasteiger partial charge in [-0.05, 0) is 32.3 Å². The number of hydrogen-bond acceptors (Lipinski definition) is 1. The highest BCUT2D eigenvalue weighted by atomic mass is 79.9. The summed E-state index contributed by atoms with van der Waals surface area (Å²) in [5.41, 5.74) is 2.58. The van der Waals surface area contributed by atoms with Crippen LogP contribution in [0.4, 0.5) is 0 Å². The minimum atomic E-state index is 0.551. The van der Waals surface area contributed by atoms with E-state index in [1.54, 1.807) is 0 Å². The molecule has 0 aliphatic rings. The summed E-state index contributed by atoms with van der Waals surface area (Å²) in [6.07, 6.45) is 8.76. The van der Waals surface area contributed by atoms with E-state index in [-0.39, 0.29) is 0 Å². The van der Waals surface area contributed by atoms with Gasteiger partial charge in [0.1, 0.15) is 0 Å². The predicted octanol–water partition coefficient (Wildman–Crippen LogP) is 4.52. The fourth-order valence-electron chi connectivity index (χ4n) is 2.00. The number of hydrogen-bond donors (Lipinski definition) is 0. The van der Waals surface area contributed by atoms with E-state index >= 15 is 0 Å². The van der Waals surface area contributed by atoms with E-state index in [9.17, 15) is 0 Å². The molecule has 0 amide bonds. The minimum Gasteiger partial charge on any atom is -0.269 e. The van der Waals surface area contributed by atoms with Crippen LogP contribution < -0.4 is 0 Å². The Balaban J connectivity index is 2.62. The van der Waals surface area contributed by atoms with Crippen molar-refractivity contribution in [1.29, 1.82) is 0 Å². The van der Waals surface area contributed by atoms with Crippen molar-refractivity contribution in [3.05, 3.63) is 29.6 Å². The topological polar surface area (TPSA) is 17.8 Å². The van der Waals surface area contributed by atoms with E-state index in [1.165, 1.54) is 11.3 Å². The summed E-state index contributed by atoms with van der Waals surface area (Å²) in [7, 11) is 0. The van der Waals surface area contributed by atoms with Gasteiger partial charge >= 0.3 is 0 Å². The molecule has 0 saturated carbocycles. The second-order valence-electron chi connectivity index (χ2n) is 4.46. The Morgan fingerprint density at radius 3 is 2.76 bits per heavy atom.